The summed E-state index contributed by atoms with van der Waals surface area (Å²) in [7, 11) is 0. The van der Waals surface area contributed by atoms with Crippen LogP contribution < -0.4 is 16.4 Å². The number of amidine groups is 1. The molecule has 1 aromatic heterocycles. The molecular weight excluding hydrogens is 494 g/mol. The lowest BCUT2D eigenvalue weighted by Crippen LogP contribution is -2.35. The summed E-state index contributed by atoms with van der Waals surface area (Å²) in [5.74, 6) is 6.52. The first-order chi connectivity index (χ1) is 19.1. The third-order valence-electron chi connectivity index (χ3n) is 5.88. The molecule has 0 bridgehead atoms. The number of hydrogen-bond acceptors (Lipinski definition) is 8. The Kier molecular flexibility index (Phi) is 10.1. The molecule has 4 aromatic rings. The Balaban J connectivity index is 1.31. The summed E-state index contributed by atoms with van der Waals surface area (Å²) in [6, 6.07) is 27.8. The predicted molar refractivity (Wildman–Crippen MR) is 148 cm³/mol. The van der Waals surface area contributed by atoms with E-state index in [1.165, 1.54) is 0 Å². The number of aryl methyl sites for hydroxylation is 1. The van der Waals surface area contributed by atoms with E-state index in [0.717, 1.165) is 35.4 Å². The molecule has 9 heteroatoms. The molecule has 9 nitrogen and oxygen atoms in total. The van der Waals surface area contributed by atoms with Crippen LogP contribution in [0.1, 0.15) is 35.0 Å². The van der Waals surface area contributed by atoms with E-state index in [0.29, 0.717) is 18.1 Å². The van der Waals surface area contributed by atoms with Gasteiger partial charge in [0.05, 0.1) is 0 Å². The second-order valence-corrected chi connectivity index (χ2v) is 8.63. The number of carbonyl (C=O) groups is 1. The van der Waals surface area contributed by atoms with E-state index in [9.17, 15) is 4.79 Å². The molecule has 0 saturated carbocycles. The van der Waals surface area contributed by atoms with Crippen LogP contribution in [0.2, 0.25) is 0 Å². The van der Waals surface area contributed by atoms with Gasteiger partial charge in [0.1, 0.15) is 24.0 Å². The maximum Gasteiger partial charge on any atom is 0.341 e. The summed E-state index contributed by atoms with van der Waals surface area (Å²) < 4.78 is 11.6. The van der Waals surface area contributed by atoms with E-state index in [1.807, 2.05) is 60.7 Å². The molecular formula is C30H31N5O4. The van der Waals surface area contributed by atoms with E-state index < -0.39 is 18.2 Å². The van der Waals surface area contributed by atoms with Crippen LogP contribution in [0.25, 0.3) is 0 Å². The lowest BCUT2D eigenvalue weighted by Gasteiger charge is -2.22. The van der Waals surface area contributed by atoms with Crippen LogP contribution in [0, 0.1) is 0 Å². The highest BCUT2D eigenvalue weighted by molar-refractivity contribution is 5.97. The smallest absolute Gasteiger partial charge is 0.341 e. The second kappa shape index (κ2) is 14.4. The molecule has 0 aliphatic rings. The van der Waals surface area contributed by atoms with Gasteiger partial charge in [-0.3, -0.25) is 9.83 Å². The minimum Gasteiger partial charge on any atom is -0.490 e. The molecule has 0 amide bonds. The highest BCUT2D eigenvalue weighted by Gasteiger charge is 2.27. The number of aromatic nitrogens is 2. The van der Waals surface area contributed by atoms with E-state index in [1.54, 1.807) is 42.7 Å². The molecule has 3 aromatic carbocycles. The number of carbonyl (C=O) groups excluding carboxylic acids is 1. The zero-order valence-corrected chi connectivity index (χ0v) is 21.4. The van der Waals surface area contributed by atoms with Crippen molar-refractivity contribution in [1.82, 2.24) is 9.97 Å². The van der Waals surface area contributed by atoms with Crippen LogP contribution in [0.4, 0.5) is 0 Å². The zero-order valence-electron chi connectivity index (χ0n) is 21.4. The maximum absolute atomic E-state index is 13.0. The van der Waals surface area contributed by atoms with Crippen LogP contribution in [0.3, 0.4) is 0 Å². The summed E-state index contributed by atoms with van der Waals surface area (Å²) in [4.78, 5) is 30.7. The van der Waals surface area contributed by atoms with Crippen molar-refractivity contribution in [2.45, 2.75) is 25.0 Å². The minimum absolute atomic E-state index is 0.129. The fourth-order valence-electron chi connectivity index (χ4n) is 3.82. The largest absolute Gasteiger partial charge is 0.490 e. The van der Waals surface area contributed by atoms with Crippen molar-refractivity contribution in [3.8, 4) is 5.75 Å². The molecule has 4 rings (SSSR count). The number of esters is 1. The van der Waals surface area contributed by atoms with Gasteiger partial charge in [0.25, 0.3) is 0 Å². The maximum atomic E-state index is 13.0. The topological polar surface area (TPSA) is 135 Å². The Morgan fingerprint density at radius 1 is 0.846 bits per heavy atom. The third-order valence-corrected chi connectivity index (χ3v) is 5.88. The van der Waals surface area contributed by atoms with Gasteiger partial charge in [-0.15, -0.1) is 0 Å². The van der Waals surface area contributed by atoms with Crippen molar-refractivity contribution in [3.63, 3.8) is 0 Å². The van der Waals surface area contributed by atoms with E-state index in [2.05, 4.69) is 15.0 Å². The highest BCUT2D eigenvalue weighted by Crippen LogP contribution is 2.26. The van der Waals surface area contributed by atoms with Crippen LogP contribution in [0.5, 0.6) is 5.75 Å². The molecule has 200 valence electrons. The SMILES string of the molecule is NO[C@@H](COc1ccc(C(N)=NCCCc2ncccn2)cc1)C(=O)OC(c1ccccc1)c1ccccc1. The Morgan fingerprint density at radius 2 is 1.46 bits per heavy atom. The lowest BCUT2D eigenvalue weighted by atomic mass is 10.0. The zero-order chi connectivity index (χ0) is 27.3. The summed E-state index contributed by atoms with van der Waals surface area (Å²) >= 11 is 0. The second-order valence-electron chi connectivity index (χ2n) is 8.63. The van der Waals surface area contributed by atoms with Gasteiger partial charge in [0.15, 0.2) is 6.10 Å². The van der Waals surface area contributed by atoms with E-state index in [-0.39, 0.29) is 6.61 Å². The van der Waals surface area contributed by atoms with E-state index in [4.69, 9.17) is 25.9 Å². The molecule has 0 fully saturated rings. The number of nitrogens with zero attached hydrogens (tertiary/aromatic N) is 3. The summed E-state index contributed by atoms with van der Waals surface area (Å²) in [6.07, 6.45) is 3.23. The average Bonchev–Trinajstić information content (AvgIpc) is 3.00. The van der Waals surface area contributed by atoms with Crippen LogP contribution in [-0.2, 0) is 20.8 Å². The molecule has 0 saturated heterocycles. The number of ether oxygens (including phenoxy) is 2. The van der Waals surface area contributed by atoms with E-state index >= 15 is 0 Å². The first kappa shape index (κ1) is 27.4. The van der Waals surface area contributed by atoms with Crippen LogP contribution in [0.15, 0.2) is 108 Å². The molecule has 4 N–H and O–H groups in total. The molecule has 0 unspecified atom stereocenters. The number of hydrogen-bond donors (Lipinski definition) is 2. The van der Waals surface area contributed by atoms with Gasteiger partial charge in [-0.1, -0.05) is 60.7 Å². The first-order valence-electron chi connectivity index (χ1n) is 12.6. The Morgan fingerprint density at radius 3 is 2.05 bits per heavy atom. The normalized spacial score (nSPS) is 12.2. The number of rotatable bonds is 13. The van der Waals surface area contributed by atoms with Crippen molar-refractivity contribution in [1.29, 1.82) is 0 Å². The summed E-state index contributed by atoms with van der Waals surface area (Å²) in [5, 5.41) is 0. The molecule has 1 atom stereocenters. The molecule has 0 radical (unpaired) electrons. The first-order valence-corrected chi connectivity index (χ1v) is 12.6. The Hall–Kier alpha value is -4.60. The number of aliphatic imine (C=N–C) groups is 1. The fourth-order valence-corrected chi connectivity index (χ4v) is 3.82. The van der Waals surface area contributed by atoms with Crippen LogP contribution in [-0.4, -0.2) is 41.0 Å². The summed E-state index contributed by atoms with van der Waals surface area (Å²) in [6.45, 7) is 0.434. The average molecular weight is 526 g/mol. The minimum atomic E-state index is -1.13. The lowest BCUT2D eigenvalue weighted by molar-refractivity contribution is -0.163. The monoisotopic (exact) mass is 525 g/mol. The molecule has 39 heavy (non-hydrogen) atoms. The van der Waals surface area contributed by atoms with Crippen molar-refractivity contribution in [2.75, 3.05) is 13.2 Å². The van der Waals surface area contributed by atoms with Gasteiger partial charge in [-0.05, 0) is 47.9 Å². The molecule has 0 aliphatic carbocycles. The quantitative estimate of drug-likeness (QED) is 0.0885. The number of benzene rings is 3. The molecule has 0 aliphatic heterocycles. The standard InChI is InChI=1S/C30H31N5O4/c31-29(35-18-7-13-27-33-19-8-20-34-27)24-14-16-25(17-15-24)37-21-26(39-32)30(36)38-28(22-9-3-1-4-10-22)23-11-5-2-6-12-23/h1-6,8-12,14-17,19-20,26,28H,7,13,18,21,32H2,(H2,31,35)/t26-/m0/s1. The fraction of sp³-hybridized carbons (Fsp3) is 0.200. The highest BCUT2D eigenvalue weighted by atomic mass is 16.7. The number of nitrogens with two attached hydrogens (primary N) is 2. The van der Waals surface area contributed by atoms with Crippen LogP contribution >= 0.6 is 0 Å². The Bertz CT molecular complexity index is 1280. The Labute approximate surface area is 227 Å². The van der Waals surface area contributed by atoms with Crippen molar-refractivity contribution in [3.05, 3.63) is 126 Å². The van der Waals surface area contributed by atoms with Gasteiger partial charge in [-0.25, -0.2) is 20.7 Å². The van der Waals surface area contributed by atoms with Gasteiger partial charge >= 0.3 is 5.97 Å². The molecule has 1 heterocycles. The van der Waals surface area contributed by atoms with Crippen molar-refractivity contribution < 1.29 is 19.1 Å². The van der Waals surface area contributed by atoms with Gasteiger partial charge in [-0.2, -0.15) is 0 Å². The third kappa shape index (κ3) is 8.19. The molecule has 0 spiro atoms. The van der Waals surface area contributed by atoms with Crippen molar-refractivity contribution in [2.24, 2.45) is 16.6 Å². The van der Waals surface area contributed by atoms with Crippen molar-refractivity contribution >= 4 is 11.8 Å². The predicted octanol–water partition coefficient (Wildman–Crippen LogP) is 3.79. The summed E-state index contributed by atoms with van der Waals surface area (Å²) in [5.41, 5.74) is 8.55. The van der Waals surface area contributed by atoms with Gasteiger partial charge in [0, 0.05) is 30.9 Å². The van der Waals surface area contributed by atoms with Gasteiger partial charge in [0.2, 0.25) is 6.10 Å². The van der Waals surface area contributed by atoms with Gasteiger partial charge < -0.3 is 15.2 Å².